The SMILES string of the molecule is Cc1nn(Cc2ccccc2Cl)c(Cl)c1/C=C/C(=O)OCC(=O)Nc1sccc1C(N)=O. The number of hydrogen-bond donors (Lipinski definition) is 2. The molecule has 0 unspecified atom stereocenters. The highest BCUT2D eigenvalue weighted by Gasteiger charge is 2.15. The maximum Gasteiger partial charge on any atom is 0.331 e. The van der Waals surface area contributed by atoms with Crippen LogP contribution in [0.5, 0.6) is 0 Å². The largest absolute Gasteiger partial charge is 0.452 e. The van der Waals surface area contributed by atoms with Crippen LogP contribution in [0.15, 0.2) is 41.8 Å². The molecule has 3 N–H and O–H groups in total. The number of thiophene rings is 1. The van der Waals surface area contributed by atoms with Crippen LogP contribution in [0.3, 0.4) is 0 Å². The number of nitrogens with two attached hydrogens (primary N) is 1. The van der Waals surface area contributed by atoms with Crippen molar-refractivity contribution in [3.63, 3.8) is 0 Å². The van der Waals surface area contributed by atoms with Crippen LogP contribution in [0, 0.1) is 6.92 Å². The zero-order chi connectivity index (χ0) is 23.3. The minimum Gasteiger partial charge on any atom is -0.452 e. The van der Waals surface area contributed by atoms with Crippen molar-refractivity contribution in [2.24, 2.45) is 5.73 Å². The van der Waals surface area contributed by atoms with Crippen LogP contribution >= 0.6 is 34.5 Å². The molecular weight excluding hydrogens is 475 g/mol. The minimum atomic E-state index is -0.740. The van der Waals surface area contributed by atoms with Gasteiger partial charge in [0.2, 0.25) is 0 Å². The Bertz CT molecular complexity index is 1200. The smallest absolute Gasteiger partial charge is 0.331 e. The van der Waals surface area contributed by atoms with Gasteiger partial charge in [0, 0.05) is 16.7 Å². The highest BCUT2D eigenvalue weighted by atomic mass is 35.5. The van der Waals surface area contributed by atoms with Gasteiger partial charge in [-0.3, -0.25) is 9.59 Å². The fourth-order valence-electron chi connectivity index (χ4n) is 2.75. The molecule has 0 spiro atoms. The van der Waals surface area contributed by atoms with Gasteiger partial charge in [-0.05, 0) is 36.1 Å². The van der Waals surface area contributed by atoms with Gasteiger partial charge in [0.05, 0.1) is 17.8 Å². The van der Waals surface area contributed by atoms with E-state index >= 15 is 0 Å². The topological polar surface area (TPSA) is 116 Å². The van der Waals surface area contributed by atoms with Crippen molar-refractivity contribution in [2.45, 2.75) is 13.5 Å². The molecule has 0 saturated heterocycles. The standard InChI is InChI=1S/C21H18Cl2N4O4S/c1-12-14(19(23)27(26-12)10-13-4-2-3-5-16(13)22)6-7-18(29)31-11-17(28)25-21-15(20(24)30)8-9-32-21/h2-9H,10-11H2,1H3,(H2,24,30)(H,25,28)/b7-6+. The minimum absolute atomic E-state index is 0.188. The third kappa shape index (κ3) is 5.76. The van der Waals surface area contributed by atoms with E-state index in [1.54, 1.807) is 23.1 Å². The Kier molecular flexibility index (Phi) is 7.68. The van der Waals surface area contributed by atoms with Gasteiger partial charge in [-0.15, -0.1) is 11.3 Å². The average Bonchev–Trinajstić information content (AvgIpc) is 3.31. The van der Waals surface area contributed by atoms with Gasteiger partial charge in [-0.25, -0.2) is 9.48 Å². The summed E-state index contributed by atoms with van der Waals surface area (Å²) in [4.78, 5) is 35.3. The Morgan fingerprint density at radius 3 is 2.72 bits per heavy atom. The van der Waals surface area contributed by atoms with Gasteiger partial charge < -0.3 is 15.8 Å². The second kappa shape index (κ2) is 10.4. The van der Waals surface area contributed by atoms with E-state index in [1.807, 2.05) is 18.2 Å². The van der Waals surface area contributed by atoms with Crippen molar-refractivity contribution in [1.82, 2.24) is 9.78 Å². The van der Waals surface area contributed by atoms with Crippen molar-refractivity contribution in [1.29, 1.82) is 0 Å². The molecule has 2 amide bonds. The molecule has 8 nitrogen and oxygen atoms in total. The number of carbonyl (C=O) groups is 3. The van der Waals surface area contributed by atoms with E-state index in [9.17, 15) is 14.4 Å². The second-order valence-electron chi connectivity index (χ2n) is 6.56. The fraction of sp³-hybridized carbons (Fsp3) is 0.143. The summed E-state index contributed by atoms with van der Waals surface area (Å²) in [5.41, 5.74) is 7.42. The number of aryl methyl sites for hydroxylation is 1. The molecule has 0 atom stereocenters. The molecule has 166 valence electrons. The van der Waals surface area contributed by atoms with Crippen LogP contribution in [0.25, 0.3) is 6.08 Å². The molecule has 0 radical (unpaired) electrons. The number of carbonyl (C=O) groups excluding carboxylic acids is 3. The van der Waals surface area contributed by atoms with Gasteiger partial charge in [-0.2, -0.15) is 5.10 Å². The molecule has 2 aromatic heterocycles. The number of benzene rings is 1. The molecule has 2 heterocycles. The Morgan fingerprint density at radius 2 is 2.00 bits per heavy atom. The summed E-state index contributed by atoms with van der Waals surface area (Å²) in [6, 6.07) is 8.84. The van der Waals surface area contributed by atoms with E-state index in [0.717, 1.165) is 23.0 Å². The Hall–Kier alpha value is -3.14. The van der Waals surface area contributed by atoms with Gasteiger partial charge in [0.1, 0.15) is 10.2 Å². The van der Waals surface area contributed by atoms with E-state index in [2.05, 4.69) is 10.4 Å². The molecule has 0 aliphatic heterocycles. The van der Waals surface area contributed by atoms with Gasteiger partial charge in [0.15, 0.2) is 6.61 Å². The zero-order valence-electron chi connectivity index (χ0n) is 16.8. The molecule has 3 aromatic rings. The number of rotatable bonds is 8. The number of amides is 2. The van der Waals surface area contributed by atoms with Gasteiger partial charge >= 0.3 is 5.97 Å². The third-order valence-corrected chi connectivity index (χ3v) is 5.90. The lowest BCUT2D eigenvalue weighted by atomic mass is 10.2. The third-order valence-electron chi connectivity index (χ3n) is 4.30. The van der Waals surface area contributed by atoms with Crippen molar-refractivity contribution in [2.75, 3.05) is 11.9 Å². The highest BCUT2D eigenvalue weighted by Crippen LogP contribution is 2.25. The number of aromatic nitrogens is 2. The summed E-state index contributed by atoms with van der Waals surface area (Å²) in [5, 5.41) is 9.71. The quantitative estimate of drug-likeness (QED) is 0.365. The van der Waals surface area contributed by atoms with Crippen LogP contribution in [0.1, 0.15) is 27.2 Å². The number of ether oxygens (including phenoxy) is 1. The van der Waals surface area contributed by atoms with E-state index in [0.29, 0.717) is 33.0 Å². The first-order valence-electron chi connectivity index (χ1n) is 9.24. The molecule has 0 aliphatic carbocycles. The normalized spacial score (nSPS) is 11.0. The van der Waals surface area contributed by atoms with E-state index < -0.39 is 24.4 Å². The molecule has 0 aliphatic rings. The van der Waals surface area contributed by atoms with Crippen LogP contribution in [0.2, 0.25) is 10.2 Å². The summed E-state index contributed by atoms with van der Waals surface area (Å²) < 4.78 is 6.51. The summed E-state index contributed by atoms with van der Waals surface area (Å²) in [6.45, 7) is 1.59. The fourth-order valence-corrected chi connectivity index (χ4v) is 4.05. The highest BCUT2D eigenvalue weighted by molar-refractivity contribution is 7.14. The predicted octanol–water partition coefficient (Wildman–Crippen LogP) is 3.90. The van der Waals surface area contributed by atoms with Crippen LogP contribution < -0.4 is 11.1 Å². The van der Waals surface area contributed by atoms with Gasteiger partial charge in [0.25, 0.3) is 11.8 Å². The lowest BCUT2D eigenvalue weighted by Crippen LogP contribution is -2.21. The van der Waals surface area contributed by atoms with Crippen molar-refractivity contribution >= 4 is 63.4 Å². The first-order valence-corrected chi connectivity index (χ1v) is 10.9. The lowest BCUT2D eigenvalue weighted by molar-refractivity contribution is -0.142. The first-order chi connectivity index (χ1) is 15.3. The van der Waals surface area contributed by atoms with Gasteiger partial charge in [-0.1, -0.05) is 41.4 Å². The molecule has 3 rings (SSSR count). The molecule has 1 aromatic carbocycles. The molecule has 11 heteroatoms. The van der Waals surface area contributed by atoms with E-state index in [1.165, 1.54) is 12.1 Å². The van der Waals surface area contributed by atoms with Crippen molar-refractivity contribution in [3.8, 4) is 0 Å². The maximum atomic E-state index is 12.0. The molecule has 0 saturated carbocycles. The summed E-state index contributed by atoms with van der Waals surface area (Å²) in [5.74, 6) is -2.00. The second-order valence-corrected chi connectivity index (χ2v) is 8.24. The summed E-state index contributed by atoms with van der Waals surface area (Å²) >= 11 is 13.7. The predicted molar refractivity (Wildman–Crippen MR) is 124 cm³/mol. The Morgan fingerprint density at radius 1 is 1.25 bits per heavy atom. The lowest BCUT2D eigenvalue weighted by Gasteiger charge is -2.05. The number of halogens is 2. The van der Waals surface area contributed by atoms with E-state index in [-0.39, 0.29) is 5.56 Å². The zero-order valence-corrected chi connectivity index (χ0v) is 19.1. The number of hydrogen-bond acceptors (Lipinski definition) is 6. The number of nitrogens with one attached hydrogen (secondary N) is 1. The van der Waals surface area contributed by atoms with Crippen LogP contribution in [0.4, 0.5) is 5.00 Å². The van der Waals surface area contributed by atoms with Crippen molar-refractivity contribution in [3.05, 3.63) is 74.3 Å². The molecule has 0 bridgehead atoms. The first kappa shape index (κ1) is 23.5. The number of nitrogens with zero attached hydrogens (tertiary/aromatic N) is 2. The van der Waals surface area contributed by atoms with E-state index in [4.69, 9.17) is 33.7 Å². The number of anilines is 1. The molecule has 0 fully saturated rings. The number of esters is 1. The summed E-state index contributed by atoms with van der Waals surface area (Å²) in [6.07, 6.45) is 2.63. The van der Waals surface area contributed by atoms with Crippen LogP contribution in [-0.4, -0.2) is 34.2 Å². The average molecular weight is 493 g/mol. The summed E-state index contributed by atoms with van der Waals surface area (Å²) in [7, 11) is 0. The number of primary amides is 1. The Labute approximate surface area is 197 Å². The van der Waals surface area contributed by atoms with Crippen LogP contribution in [-0.2, 0) is 20.9 Å². The molecule has 32 heavy (non-hydrogen) atoms. The monoisotopic (exact) mass is 492 g/mol. The van der Waals surface area contributed by atoms with Crippen molar-refractivity contribution < 1.29 is 19.1 Å². The molecular formula is C21H18Cl2N4O4S. The Balaban J connectivity index is 1.59. The maximum absolute atomic E-state index is 12.0.